The fraction of sp³-hybridized carbons (Fsp3) is 0.500. The van der Waals surface area contributed by atoms with E-state index in [-0.39, 0.29) is 24.2 Å². The van der Waals surface area contributed by atoms with E-state index >= 15 is 0 Å². The molecule has 0 radical (unpaired) electrons. The lowest BCUT2D eigenvalue weighted by Gasteiger charge is -2.33. The summed E-state index contributed by atoms with van der Waals surface area (Å²) >= 11 is 0. The number of amides is 2. The van der Waals surface area contributed by atoms with Gasteiger partial charge in [0.25, 0.3) is 0 Å². The summed E-state index contributed by atoms with van der Waals surface area (Å²) in [5.74, 6) is 0.0410. The maximum absolute atomic E-state index is 13.7. The molecule has 1 fully saturated rings. The Kier molecular flexibility index (Phi) is 10.0. The highest BCUT2D eigenvalue weighted by Crippen LogP contribution is 2.32. The van der Waals surface area contributed by atoms with E-state index in [2.05, 4.69) is 5.32 Å². The molecule has 3 rings (SSSR count). The zero-order valence-corrected chi connectivity index (χ0v) is 23.7. The van der Waals surface area contributed by atoms with Crippen LogP contribution in [0.3, 0.4) is 0 Å². The molecule has 38 heavy (non-hydrogen) atoms. The summed E-state index contributed by atoms with van der Waals surface area (Å²) in [4.78, 5) is 28.4. The van der Waals surface area contributed by atoms with Crippen LogP contribution in [0, 0.1) is 6.92 Å². The number of nitrogens with one attached hydrogen (secondary N) is 1. The molecule has 0 spiro atoms. The average Bonchev–Trinajstić information content (AvgIpc) is 2.90. The summed E-state index contributed by atoms with van der Waals surface area (Å²) in [6, 6.07) is 11.6. The molecule has 0 saturated heterocycles. The fourth-order valence-corrected chi connectivity index (χ4v) is 5.48. The molecule has 10 heteroatoms. The highest BCUT2D eigenvalue weighted by Gasteiger charge is 2.31. The molecule has 0 bridgehead atoms. The van der Waals surface area contributed by atoms with Crippen LogP contribution in [0.5, 0.6) is 11.5 Å². The summed E-state index contributed by atoms with van der Waals surface area (Å²) in [6.07, 6.45) is 6.19. The van der Waals surface area contributed by atoms with Crippen LogP contribution in [0.1, 0.15) is 50.2 Å². The first-order valence-corrected chi connectivity index (χ1v) is 14.7. The summed E-state index contributed by atoms with van der Waals surface area (Å²) in [7, 11) is -0.913. The van der Waals surface area contributed by atoms with Gasteiger partial charge in [-0.05, 0) is 44.4 Å². The van der Waals surface area contributed by atoms with Crippen LogP contribution < -0.4 is 19.1 Å². The number of hydrogen-bond donors (Lipinski definition) is 1. The first kappa shape index (κ1) is 29.3. The first-order chi connectivity index (χ1) is 18.0. The number of nitrogens with zero attached hydrogens (tertiary/aromatic N) is 2. The minimum absolute atomic E-state index is 0.0920. The lowest BCUT2D eigenvalue weighted by Crippen LogP contribution is -2.52. The molecule has 0 unspecified atom stereocenters. The molecule has 1 atom stereocenters. The number of rotatable bonds is 11. The van der Waals surface area contributed by atoms with Gasteiger partial charge < -0.3 is 19.7 Å². The van der Waals surface area contributed by atoms with Crippen LogP contribution in [0.25, 0.3) is 0 Å². The standard InChI is InChI=1S/C28H39N3O6S/c1-20-11-13-22(14-12-20)18-30(21(2)28(33)29-23-9-7-6-8-10-23)27(32)19-31(38(5,34)35)24-15-16-25(36-3)26(17-24)37-4/h11-17,21,23H,6-10,18-19H2,1-5H3,(H,29,33)/t21-/m1/s1. The van der Waals surface area contributed by atoms with Crippen molar-refractivity contribution in [2.24, 2.45) is 0 Å². The van der Waals surface area contributed by atoms with Gasteiger partial charge in [0.15, 0.2) is 11.5 Å². The molecule has 1 aliphatic rings. The number of sulfonamides is 1. The van der Waals surface area contributed by atoms with Crippen LogP contribution in [-0.2, 0) is 26.2 Å². The Morgan fingerprint density at radius 2 is 1.63 bits per heavy atom. The monoisotopic (exact) mass is 545 g/mol. The summed E-state index contributed by atoms with van der Waals surface area (Å²) < 4.78 is 37.2. The third kappa shape index (κ3) is 7.63. The van der Waals surface area contributed by atoms with E-state index in [1.54, 1.807) is 19.1 Å². The van der Waals surface area contributed by atoms with Crippen molar-refractivity contribution in [1.29, 1.82) is 0 Å². The van der Waals surface area contributed by atoms with Gasteiger partial charge in [0, 0.05) is 18.7 Å². The van der Waals surface area contributed by atoms with E-state index in [0.29, 0.717) is 11.5 Å². The predicted octanol–water partition coefficient (Wildman–Crippen LogP) is 3.64. The van der Waals surface area contributed by atoms with Crippen LogP contribution >= 0.6 is 0 Å². The van der Waals surface area contributed by atoms with Crippen LogP contribution in [0.15, 0.2) is 42.5 Å². The Hall–Kier alpha value is -3.27. The molecule has 0 heterocycles. The van der Waals surface area contributed by atoms with Crippen LogP contribution in [0.2, 0.25) is 0 Å². The maximum atomic E-state index is 13.7. The Morgan fingerprint density at radius 1 is 1.00 bits per heavy atom. The molecular formula is C28H39N3O6S. The highest BCUT2D eigenvalue weighted by molar-refractivity contribution is 7.92. The number of hydrogen-bond acceptors (Lipinski definition) is 6. The lowest BCUT2D eigenvalue weighted by molar-refractivity contribution is -0.139. The van der Waals surface area contributed by atoms with Crippen molar-refractivity contribution < 1.29 is 27.5 Å². The van der Waals surface area contributed by atoms with Crippen molar-refractivity contribution in [3.63, 3.8) is 0 Å². The second-order valence-corrected chi connectivity index (χ2v) is 11.7. The smallest absolute Gasteiger partial charge is 0.244 e. The number of ether oxygens (including phenoxy) is 2. The van der Waals surface area contributed by atoms with Crippen molar-refractivity contribution in [3.05, 3.63) is 53.6 Å². The molecule has 2 aromatic rings. The van der Waals surface area contributed by atoms with E-state index in [1.165, 1.54) is 25.2 Å². The quantitative estimate of drug-likeness (QED) is 0.462. The molecule has 0 aliphatic heterocycles. The highest BCUT2D eigenvalue weighted by atomic mass is 32.2. The minimum Gasteiger partial charge on any atom is -0.493 e. The Bertz CT molecular complexity index is 1210. The predicted molar refractivity (Wildman–Crippen MR) is 148 cm³/mol. The Balaban J connectivity index is 1.90. The topological polar surface area (TPSA) is 105 Å². The van der Waals surface area contributed by atoms with Gasteiger partial charge in [-0.3, -0.25) is 13.9 Å². The van der Waals surface area contributed by atoms with Crippen molar-refractivity contribution in [1.82, 2.24) is 10.2 Å². The summed E-state index contributed by atoms with van der Waals surface area (Å²) in [6.45, 7) is 3.36. The number of benzene rings is 2. The Morgan fingerprint density at radius 3 is 2.21 bits per heavy atom. The molecular weight excluding hydrogens is 506 g/mol. The van der Waals surface area contributed by atoms with E-state index in [1.807, 2.05) is 31.2 Å². The van der Waals surface area contributed by atoms with Crippen molar-refractivity contribution in [2.75, 3.05) is 31.3 Å². The average molecular weight is 546 g/mol. The van der Waals surface area contributed by atoms with Gasteiger partial charge >= 0.3 is 0 Å². The van der Waals surface area contributed by atoms with E-state index < -0.39 is 28.5 Å². The van der Waals surface area contributed by atoms with Crippen molar-refractivity contribution >= 4 is 27.5 Å². The SMILES string of the molecule is COc1ccc(N(CC(=O)N(Cc2ccc(C)cc2)[C@H](C)C(=O)NC2CCCCC2)S(C)(=O)=O)cc1OC. The van der Waals surface area contributed by atoms with Gasteiger partial charge in [0.2, 0.25) is 21.8 Å². The number of carbonyl (C=O) groups excluding carboxylic acids is 2. The largest absolute Gasteiger partial charge is 0.493 e. The van der Waals surface area contributed by atoms with E-state index in [0.717, 1.165) is 53.8 Å². The number of carbonyl (C=O) groups is 2. The zero-order chi connectivity index (χ0) is 27.9. The summed E-state index contributed by atoms with van der Waals surface area (Å²) in [5.41, 5.74) is 2.18. The molecule has 9 nitrogen and oxygen atoms in total. The lowest BCUT2D eigenvalue weighted by atomic mass is 9.95. The van der Waals surface area contributed by atoms with Gasteiger partial charge in [0.1, 0.15) is 12.6 Å². The van der Waals surface area contributed by atoms with Crippen molar-refractivity contribution in [2.45, 2.75) is 64.6 Å². The zero-order valence-electron chi connectivity index (χ0n) is 22.9. The maximum Gasteiger partial charge on any atom is 0.244 e. The van der Waals surface area contributed by atoms with Crippen LogP contribution in [-0.4, -0.2) is 64.2 Å². The Labute approximate surface area is 226 Å². The van der Waals surface area contributed by atoms with Gasteiger partial charge in [0.05, 0.1) is 26.2 Å². The van der Waals surface area contributed by atoms with Gasteiger partial charge in [-0.1, -0.05) is 49.1 Å². The normalized spacial score (nSPS) is 14.9. The van der Waals surface area contributed by atoms with Gasteiger partial charge in [-0.15, -0.1) is 0 Å². The third-order valence-electron chi connectivity index (χ3n) is 6.93. The van der Waals surface area contributed by atoms with Crippen LogP contribution in [0.4, 0.5) is 5.69 Å². The molecule has 2 aromatic carbocycles. The van der Waals surface area contributed by atoms with E-state index in [9.17, 15) is 18.0 Å². The number of methoxy groups -OCH3 is 2. The van der Waals surface area contributed by atoms with Gasteiger partial charge in [-0.2, -0.15) is 0 Å². The second-order valence-electron chi connectivity index (χ2n) is 9.84. The summed E-state index contributed by atoms with van der Waals surface area (Å²) in [5, 5.41) is 3.10. The minimum atomic E-state index is -3.85. The first-order valence-electron chi connectivity index (χ1n) is 12.9. The fourth-order valence-electron chi connectivity index (χ4n) is 4.64. The second kappa shape index (κ2) is 13.0. The van der Waals surface area contributed by atoms with Crippen molar-refractivity contribution in [3.8, 4) is 11.5 Å². The molecule has 2 amide bonds. The number of aryl methyl sites for hydroxylation is 1. The molecule has 1 N–H and O–H groups in total. The van der Waals surface area contributed by atoms with E-state index in [4.69, 9.17) is 9.47 Å². The van der Waals surface area contributed by atoms with Gasteiger partial charge in [-0.25, -0.2) is 8.42 Å². The molecule has 0 aromatic heterocycles. The molecule has 1 aliphatic carbocycles. The molecule has 208 valence electrons. The third-order valence-corrected chi connectivity index (χ3v) is 8.07. The number of anilines is 1. The molecule has 1 saturated carbocycles.